The monoisotopic (exact) mass is 337 g/mol. The maximum atomic E-state index is 13.6. The van der Waals surface area contributed by atoms with E-state index >= 15 is 0 Å². The van der Waals surface area contributed by atoms with E-state index in [1.54, 1.807) is 12.3 Å². The van der Waals surface area contributed by atoms with Gasteiger partial charge in [0.25, 0.3) is 0 Å². The van der Waals surface area contributed by atoms with Gasteiger partial charge >= 0.3 is 0 Å². The minimum atomic E-state index is -0.199. The maximum absolute atomic E-state index is 13.6. The molecule has 0 amide bonds. The standard InChI is InChI=1S/C15H17BrFN3/c16-12-6-11(7-13(17)8-12)14(5-10-1-2-10)20-9-15-18-3-4-19-15/h3-4,6-8,10,14,20H,1-2,5,9H2,(H,18,19)/t14-/m1/s1. The first kappa shape index (κ1) is 13.8. The van der Waals surface area contributed by atoms with Crippen LogP contribution >= 0.6 is 15.9 Å². The molecule has 0 saturated heterocycles. The molecule has 1 aromatic heterocycles. The Bertz CT molecular complexity index is 546. The molecule has 1 aromatic carbocycles. The Morgan fingerprint density at radius 3 is 2.90 bits per heavy atom. The van der Waals surface area contributed by atoms with Crippen LogP contribution < -0.4 is 5.32 Å². The third-order valence-corrected chi connectivity index (χ3v) is 4.08. The van der Waals surface area contributed by atoms with Gasteiger partial charge in [-0.3, -0.25) is 0 Å². The van der Waals surface area contributed by atoms with Gasteiger partial charge in [0, 0.05) is 22.9 Å². The molecule has 1 saturated carbocycles. The summed E-state index contributed by atoms with van der Waals surface area (Å²) in [4.78, 5) is 7.29. The fraction of sp³-hybridized carbons (Fsp3) is 0.400. The Balaban J connectivity index is 1.73. The van der Waals surface area contributed by atoms with Crippen molar-refractivity contribution >= 4 is 15.9 Å². The number of hydrogen-bond donors (Lipinski definition) is 2. The average Bonchev–Trinajstić information content (AvgIpc) is 3.06. The lowest BCUT2D eigenvalue weighted by Crippen LogP contribution is -2.22. The predicted molar refractivity (Wildman–Crippen MR) is 79.6 cm³/mol. The molecule has 2 aromatic rings. The van der Waals surface area contributed by atoms with Crippen LogP contribution in [0.3, 0.4) is 0 Å². The first-order valence-corrected chi connectivity index (χ1v) is 7.67. The molecule has 2 N–H and O–H groups in total. The lowest BCUT2D eigenvalue weighted by molar-refractivity contribution is 0.464. The van der Waals surface area contributed by atoms with E-state index in [4.69, 9.17) is 0 Å². The number of benzene rings is 1. The van der Waals surface area contributed by atoms with E-state index < -0.39 is 0 Å². The van der Waals surface area contributed by atoms with Crippen molar-refractivity contribution in [3.05, 3.63) is 52.3 Å². The molecule has 1 heterocycles. The van der Waals surface area contributed by atoms with Crippen LogP contribution in [0.2, 0.25) is 0 Å². The number of aromatic amines is 1. The Morgan fingerprint density at radius 2 is 2.25 bits per heavy atom. The molecular formula is C15H17BrFN3. The van der Waals surface area contributed by atoms with Crippen LogP contribution in [0.15, 0.2) is 35.1 Å². The summed E-state index contributed by atoms with van der Waals surface area (Å²) in [7, 11) is 0. The van der Waals surface area contributed by atoms with Gasteiger partial charge in [-0.15, -0.1) is 0 Å². The molecule has 106 valence electrons. The number of aromatic nitrogens is 2. The average molecular weight is 338 g/mol. The number of rotatable bonds is 6. The molecule has 1 aliphatic rings. The Labute approximate surface area is 126 Å². The third-order valence-electron chi connectivity index (χ3n) is 3.62. The summed E-state index contributed by atoms with van der Waals surface area (Å²) in [6, 6.07) is 5.27. The van der Waals surface area contributed by atoms with E-state index in [1.807, 2.05) is 12.3 Å². The molecule has 0 unspecified atom stereocenters. The number of nitrogens with zero attached hydrogens (tertiary/aromatic N) is 1. The van der Waals surface area contributed by atoms with E-state index in [-0.39, 0.29) is 11.9 Å². The largest absolute Gasteiger partial charge is 0.348 e. The normalized spacial score (nSPS) is 16.3. The summed E-state index contributed by atoms with van der Waals surface area (Å²) >= 11 is 3.37. The quantitative estimate of drug-likeness (QED) is 0.838. The topological polar surface area (TPSA) is 40.7 Å². The van der Waals surface area contributed by atoms with Crippen molar-refractivity contribution in [2.24, 2.45) is 5.92 Å². The van der Waals surface area contributed by atoms with Gasteiger partial charge < -0.3 is 10.3 Å². The zero-order chi connectivity index (χ0) is 13.9. The van der Waals surface area contributed by atoms with Crippen molar-refractivity contribution in [3.8, 4) is 0 Å². The predicted octanol–water partition coefficient (Wildman–Crippen LogP) is 3.94. The van der Waals surface area contributed by atoms with E-state index in [1.165, 1.54) is 18.9 Å². The molecule has 5 heteroatoms. The minimum absolute atomic E-state index is 0.166. The number of imidazole rings is 1. The minimum Gasteiger partial charge on any atom is -0.348 e. The summed E-state index contributed by atoms with van der Waals surface area (Å²) in [5.74, 6) is 1.47. The van der Waals surface area contributed by atoms with E-state index in [2.05, 4.69) is 31.2 Å². The SMILES string of the molecule is Fc1cc(Br)cc([C@@H](CC2CC2)NCc2ncc[nH]2)c1. The summed E-state index contributed by atoms with van der Waals surface area (Å²) in [6.07, 6.45) is 7.18. The highest BCUT2D eigenvalue weighted by Gasteiger charge is 2.26. The highest BCUT2D eigenvalue weighted by molar-refractivity contribution is 9.10. The van der Waals surface area contributed by atoms with E-state index in [0.717, 1.165) is 28.2 Å². The molecule has 1 fully saturated rings. The van der Waals surface area contributed by atoms with Crippen LogP contribution in [0.5, 0.6) is 0 Å². The van der Waals surface area contributed by atoms with Crippen molar-refractivity contribution in [2.45, 2.75) is 31.8 Å². The first-order chi connectivity index (χ1) is 9.70. The summed E-state index contributed by atoms with van der Waals surface area (Å²) in [5, 5.41) is 3.48. The first-order valence-electron chi connectivity index (χ1n) is 6.88. The van der Waals surface area contributed by atoms with Gasteiger partial charge in [0.15, 0.2) is 0 Å². The lowest BCUT2D eigenvalue weighted by atomic mass is 10.0. The van der Waals surface area contributed by atoms with Gasteiger partial charge in [-0.25, -0.2) is 9.37 Å². The van der Waals surface area contributed by atoms with E-state index in [0.29, 0.717) is 6.54 Å². The number of hydrogen-bond acceptors (Lipinski definition) is 2. The van der Waals surface area contributed by atoms with Crippen molar-refractivity contribution in [1.82, 2.24) is 15.3 Å². The van der Waals surface area contributed by atoms with Crippen molar-refractivity contribution in [2.75, 3.05) is 0 Å². The highest BCUT2D eigenvalue weighted by atomic mass is 79.9. The molecule has 20 heavy (non-hydrogen) atoms. The second kappa shape index (κ2) is 6.06. The van der Waals surface area contributed by atoms with Crippen LogP contribution in [-0.4, -0.2) is 9.97 Å². The Hall–Kier alpha value is -1.20. The number of H-pyrrole nitrogens is 1. The number of nitrogens with one attached hydrogen (secondary N) is 2. The molecule has 0 radical (unpaired) electrons. The van der Waals surface area contributed by atoms with Crippen LogP contribution in [0.1, 0.15) is 36.7 Å². The molecule has 0 spiro atoms. The zero-order valence-corrected chi connectivity index (χ0v) is 12.7. The lowest BCUT2D eigenvalue weighted by Gasteiger charge is -2.19. The third kappa shape index (κ3) is 3.67. The van der Waals surface area contributed by atoms with Gasteiger partial charge in [-0.05, 0) is 36.1 Å². The molecule has 3 nitrogen and oxygen atoms in total. The van der Waals surface area contributed by atoms with E-state index in [9.17, 15) is 4.39 Å². The van der Waals surface area contributed by atoms with Crippen molar-refractivity contribution in [1.29, 1.82) is 0 Å². The van der Waals surface area contributed by atoms with Gasteiger partial charge in [0.05, 0.1) is 6.54 Å². The Morgan fingerprint density at radius 1 is 1.40 bits per heavy atom. The van der Waals surface area contributed by atoms with Crippen LogP contribution in [0.25, 0.3) is 0 Å². The van der Waals surface area contributed by atoms with Crippen LogP contribution in [-0.2, 0) is 6.54 Å². The van der Waals surface area contributed by atoms with Crippen LogP contribution in [0.4, 0.5) is 4.39 Å². The van der Waals surface area contributed by atoms with Gasteiger partial charge in [0.2, 0.25) is 0 Å². The van der Waals surface area contributed by atoms with Crippen LogP contribution in [0, 0.1) is 11.7 Å². The molecule has 0 aliphatic heterocycles. The second-order valence-electron chi connectivity index (χ2n) is 5.35. The summed E-state index contributed by atoms with van der Waals surface area (Å²) in [6.45, 7) is 0.665. The summed E-state index contributed by atoms with van der Waals surface area (Å²) in [5.41, 5.74) is 0.996. The smallest absolute Gasteiger partial charge is 0.124 e. The van der Waals surface area contributed by atoms with Crippen molar-refractivity contribution < 1.29 is 4.39 Å². The fourth-order valence-corrected chi connectivity index (χ4v) is 2.90. The molecule has 0 bridgehead atoms. The molecular weight excluding hydrogens is 321 g/mol. The molecule has 3 rings (SSSR count). The Kier molecular flexibility index (Phi) is 4.17. The van der Waals surface area contributed by atoms with Gasteiger partial charge in [-0.2, -0.15) is 0 Å². The second-order valence-corrected chi connectivity index (χ2v) is 6.27. The zero-order valence-electron chi connectivity index (χ0n) is 11.1. The van der Waals surface area contributed by atoms with Gasteiger partial charge in [0.1, 0.15) is 11.6 Å². The summed E-state index contributed by atoms with van der Waals surface area (Å²) < 4.78 is 14.4. The van der Waals surface area contributed by atoms with Crippen molar-refractivity contribution in [3.63, 3.8) is 0 Å². The maximum Gasteiger partial charge on any atom is 0.124 e. The molecule has 1 atom stereocenters. The molecule has 1 aliphatic carbocycles. The van der Waals surface area contributed by atoms with Gasteiger partial charge in [-0.1, -0.05) is 28.8 Å². The highest BCUT2D eigenvalue weighted by Crippen LogP contribution is 2.38. The fourth-order valence-electron chi connectivity index (χ4n) is 2.42. The number of halogens is 2.